The summed E-state index contributed by atoms with van der Waals surface area (Å²) in [5.41, 5.74) is 1.31. The summed E-state index contributed by atoms with van der Waals surface area (Å²) in [7, 11) is 0. The van der Waals surface area contributed by atoms with Crippen molar-refractivity contribution in [1.82, 2.24) is 14.7 Å². The Kier molecular flexibility index (Phi) is 9.34. The summed E-state index contributed by atoms with van der Waals surface area (Å²) >= 11 is 0. The molecule has 0 unspecified atom stereocenters. The number of hydrogen-bond acceptors (Lipinski definition) is 5. The van der Waals surface area contributed by atoms with E-state index in [1.807, 2.05) is 25.2 Å². The van der Waals surface area contributed by atoms with Gasteiger partial charge in [0.1, 0.15) is 17.6 Å². The van der Waals surface area contributed by atoms with Crippen LogP contribution >= 0.6 is 0 Å². The molecule has 4 rings (SSSR count). The lowest BCUT2D eigenvalue weighted by Gasteiger charge is -2.49. The molecule has 0 saturated carbocycles. The molecule has 213 valence electrons. The molecule has 0 aromatic heterocycles. The molecule has 5 nitrogen and oxygen atoms in total. The minimum absolute atomic E-state index is 0.0348. The van der Waals surface area contributed by atoms with Gasteiger partial charge in [-0.05, 0) is 62.2 Å². The van der Waals surface area contributed by atoms with Gasteiger partial charge in [-0.25, -0.2) is 4.39 Å². The number of likely N-dealkylation sites (tertiary alicyclic amines) is 2. The number of carbonyl (C=O) groups is 1. The van der Waals surface area contributed by atoms with Gasteiger partial charge in [-0.1, -0.05) is 38.1 Å². The van der Waals surface area contributed by atoms with Gasteiger partial charge >= 0.3 is 6.18 Å². The van der Waals surface area contributed by atoms with Gasteiger partial charge in [0.15, 0.2) is 5.78 Å². The maximum Gasteiger partial charge on any atom is 0.404 e. The fourth-order valence-corrected chi connectivity index (χ4v) is 6.15. The molecule has 0 bridgehead atoms. The highest BCUT2D eigenvalue weighted by molar-refractivity contribution is 5.99. The maximum absolute atomic E-state index is 14.7. The Morgan fingerprint density at radius 2 is 1.85 bits per heavy atom. The second-order valence-electron chi connectivity index (χ2n) is 10.6. The summed E-state index contributed by atoms with van der Waals surface area (Å²) in [4.78, 5) is 19.6. The molecule has 2 fully saturated rings. The molecule has 4 atom stereocenters. The molecule has 39 heavy (non-hydrogen) atoms. The number of hydrogen-bond donors (Lipinski definition) is 1. The first-order chi connectivity index (χ1) is 18.5. The zero-order chi connectivity index (χ0) is 28.3. The third kappa shape index (κ3) is 6.47. The first kappa shape index (κ1) is 29.5. The average Bonchev–Trinajstić information content (AvgIpc) is 3.41. The van der Waals surface area contributed by atoms with Crippen LogP contribution in [-0.2, 0) is 0 Å². The first-order valence-electron chi connectivity index (χ1n) is 13.8. The van der Waals surface area contributed by atoms with Crippen molar-refractivity contribution < 1.29 is 27.5 Å². The summed E-state index contributed by atoms with van der Waals surface area (Å²) in [5, 5.41) is 10.0. The quantitative estimate of drug-likeness (QED) is 0.325. The fourth-order valence-electron chi connectivity index (χ4n) is 6.15. The largest absolute Gasteiger partial charge is 0.508 e. The van der Waals surface area contributed by atoms with Crippen molar-refractivity contribution in [3.05, 3.63) is 71.4 Å². The van der Waals surface area contributed by atoms with Crippen LogP contribution in [0, 0.1) is 25.1 Å². The number of carbonyl (C=O) groups excluding carboxylic acids is 1. The van der Waals surface area contributed by atoms with Crippen molar-refractivity contribution in [3.63, 3.8) is 0 Å². The predicted octanol–water partition coefficient (Wildman–Crippen LogP) is 5.64. The number of ketones is 1. The first-order valence-corrected chi connectivity index (χ1v) is 13.8. The average molecular weight is 549 g/mol. The smallest absolute Gasteiger partial charge is 0.404 e. The van der Waals surface area contributed by atoms with E-state index in [-0.39, 0.29) is 24.5 Å². The predicted molar refractivity (Wildman–Crippen MR) is 143 cm³/mol. The van der Waals surface area contributed by atoms with Gasteiger partial charge in [0.2, 0.25) is 0 Å². The Labute approximate surface area is 228 Å². The topological polar surface area (TPSA) is 47.0 Å². The fraction of sp³-hybridized carbons (Fsp3) is 0.533. The van der Waals surface area contributed by atoms with Gasteiger partial charge < -0.3 is 10.0 Å². The normalized spacial score (nSPS) is 24.9. The van der Waals surface area contributed by atoms with Crippen LogP contribution in [-0.4, -0.2) is 83.2 Å². The highest BCUT2D eigenvalue weighted by atomic mass is 19.4. The van der Waals surface area contributed by atoms with E-state index in [0.29, 0.717) is 42.7 Å². The van der Waals surface area contributed by atoms with Crippen LogP contribution in [0.4, 0.5) is 17.6 Å². The molecule has 2 heterocycles. The molecule has 2 aromatic carbocycles. The number of aromatic hydroxyl groups is 1. The molecule has 2 aromatic rings. The van der Waals surface area contributed by atoms with E-state index in [1.54, 1.807) is 31.2 Å². The second-order valence-corrected chi connectivity index (χ2v) is 10.6. The lowest BCUT2D eigenvalue weighted by Crippen LogP contribution is -2.60. The van der Waals surface area contributed by atoms with Gasteiger partial charge in [-0.15, -0.1) is 0 Å². The zero-order valence-electron chi connectivity index (χ0n) is 22.8. The minimum Gasteiger partial charge on any atom is -0.508 e. The molecule has 0 spiro atoms. The SMILES string of the molecule is CCN(CC)CCN1C[C@H](C(=O)c2cccc(O)c2)[C@H](c2cccc(F)c2C)[CH][C@H]1N1CCC[C@H]1C(F)(F)F. The molecule has 0 aliphatic carbocycles. The van der Waals surface area contributed by atoms with E-state index >= 15 is 0 Å². The molecule has 2 saturated heterocycles. The lowest BCUT2D eigenvalue weighted by molar-refractivity contribution is -0.188. The third-order valence-electron chi connectivity index (χ3n) is 8.36. The van der Waals surface area contributed by atoms with Crippen molar-refractivity contribution in [2.75, 3.05) is 39.3 Å². The Balaban J connectivity index is 1.76. The van der Waals surface area contributed by atoms with Crippen LogP contribution in [0.25, 0.3) is 0 Å². The standard InChI is InChI=1S/C30H38F4N3O2/c1-4-35(5-2)15-16-36-19-25(29(39)21-9-6-10-22(38)17-21)24(23-11-7-12-26(31)20(23)3)18-28(36)37-14-8-13-27(37)30(32,33)34/h6-7,9-12,17-18,24-25,27-28,38H,4-5,8,13-16,19H2,1-3H3/t24-,25-,27-,28+/m0/s1. The Morgan fingerprint density at radius 1 is 1.13 bits per heavy atom. The number of phenolic OH excluding ortho intramolecular Hbond substituents is 1. The number of likely N-dealkylation sites (N-methyl/N-ethyl adjacent to an activating group) is 1. The summed E-state index contributed by atoms with van der Waals surface area (Å²) in [6, 6.07) is 9.23. The number of benzene rings is 2. The summed E-state index contributed by atoms with van der Waals surface area (Å²) < 4.78 is 57.0. The van der Waals surface area contributed by atoms with Gasteiger partial charge in [0, 0.05) is 50.0 Å². The van der Waals surface area contributed by atoms with Crippen molar-refractivity contribution in [2.24, 2.45) is 5.92 Å². The van der Waals surface area contributed by atoms with E-state index < -0.39 is 36.0 Å². The van der Waals surface area contributed by atoms with Crippen molar-refractivity contribution >= 4 is 5.78 Å². The summed E-state index contributed by atoms with van der Waals surface area (Å²) in [6.45, 7) is 9.01. The lowest BCUT2D eigenvalue weighted by atomic mass is 9.74. The van der Waals surface area contributed by atoms with Gasteiger partial charge in [-0.2, -0.15) is 13.2 Å². The maximum atomic E-state index is 14.7. The van der Waals surface area contributed by atoms with Crippen LogP contribution in [0.3, 0.4) is 0 Å². The number of rotatable bonds is 9. The zero-order valence-corrected chi connectivity index (χ0v) is 22.8. The van der Waals surface area contributed by atoms with Crippen LogP contribution in [0.1, 0.15) is 54.1 Å². The van der Waals surface area contributed by atoms with Crippen LogP contribution < -0.4 is 0 Å². The highest BCUT2D eigenvalue weighted by Gasteiger charge is 2.52. The van der Waals surface area contributed by atoms with Gasteiger partial charge in [-0.3, -0.25) is 14.6 Å². The van der Waals surface area contributed by atoms with Crippen LogP contribution in [0.15, 0.2) is 42.5 Å². The number of Topliss-reactive ketones (excluding diaryl/α,β-unsaturated/α-hetero) is 1. The molecule has 2 aliphatic heterocycles. The van der Waals surface area contributed by atoms with E-state index in [9.17, 15) is 27.5 Å². The van der Waals surface area contributed by atoms with Crippen LogP contribution in [0.2, 0.25) is 0 Å². The van der Waals surface area contributed by atoms with Crippen LogP contribution in [0.5, 0.6) is 5.75 Å². The number of halogens is 4. The minimum atomic E-state index is -4.37. The van der Waals surface area contributed by atoms with Gasteiger partial charge in [0.05, 0.1) is 6.17 Å². The number of alkyl halides is 3. The highest BCUT2D eigenvalue weighted by Crippen LogP contribution is 2.43. The molecule has 2 aliphatic rings. The molecule has 1 radical (unpaired) electrons. The number of phenols is 1. The van der Waals surface area contributed by atoms with E-state index in [2.05, 4.69) is 4.90 Å². The second kappa shape index (κ2) is 12.4. The molecule has 9 heteroatoms. The molecular weight excluding hydrogens is 510 g/mol. The van der Waals surface area contributed by atoms with Crippen molar-refractivity contribution in [2.45, 2.75) is 57.9 Å². The monoisotopic (exact) mass is 548 g/mol. The Morgan fingerprint density at radius 3 is 2.51 bits per heavy atom. The van der Waals surface area contributed by atoms with Gasteiger partial charge in [0.25, 0.3) is 0 Å². The van der Waals surface area contributed by atoms with Crippen molar-refractivity contribution in [3.8, 4) is 5.75 Å². The van der Waals surface area contributed by atoms with E-state index in [0.717, 1.165) is 13.1 Å². The summed E-state index contributed by atoms with van der Waals surface area (Å²) in [5.74, 6) is -1.94. The van der Waals surface area contributed by atoms with E-state index in [4.69, 9.17) is 0 Å². The summed E-state index contributed by atoms with van der Waals surface area (Å²) in [6.07, 6.45) is -2.72. The number of nitrogens with zero attached hydrogens (tertiary/aromatic N) is 3. The Hall–Kier alpha value is -2.49. The molecule has 0 amide bonds. The number of piperidine rings is 1. The molecule has 1 N–H and O–H groups in total. The van der Waals surface area contributed by atoms with Crippen molar-refractivity contribution in [1.29, 1.82) is 0 Å². The third-order valence-corrected chi connectivity index (χ3v) is 8.36. The van der Waals surface area contributed by atoms with E-state index in [1.165, 1.54) is 23.1 Å². The Bertz CT molecular complexity index is 1140. The molecular formula is C30H38F4N3O2.